The SMILES string of the molecule is Cc1sc(-c2ccco2)nc1C(=O)Nc1cccc(OC(F)F)c1. The molecule has 0 fully saturated rings. The summed E-state index contributed by atoms with van der Waals surface area (Å²) in [5.41, 5.74) is 0.594. The fourth-order valence-corrected chi connectivity index (χ4v) is 2.93. The Kier molecular flexibility index (Phi) is 4.57. The highest BCUT2D eigenvalue weighted by atomic mass is 32.1. The van der Waals surface area contributed by atoms with Crippen molar-refractivity contribution in [3.8, 4) is 16.5 Å². The largest absolute Gasteiger partial charge is 0.462 e. The third-order valence-corrected chi connectivity index (χ3v) is 4.05. The fourth-order valence-electron chi connectivity index (χ4n) is 2.05. The van der Waals surface area contributed by atoms with Gasteiger partial charge in [-0.1, -0.05) is 6.07 Å². The predicted octanol–water partition coefficient (Wildman–Crippen LogP) is 4.57. The Labute approximate surface area is 139 Å². The number of ether oxygens (including phenoxy) is 1. The number of aromatic nitrogens is 1. The number of amides is 1. The summed E-state index contributed by atoms with van der Waals surface area (Å²) in [6, 6.07) is 9.27. The van der Waals surface area contributed by atoms with Gasteiger partial charge in [0.15, 0.2) is 10.8 Å². The van der Waals surface area contributed by atoms with Crippen molar-refractivity contribution in [2.24, 2.45) is 0 Å². The first-order valence-electron chi connectivity index (χ1n) is 6.90. The zero-order chi connectivity index (χ0) is 17.1. The summed E-state index contributed by atoms with van der Waals surface area (Å²) in [6.07, 6.45) is 1.53. The molecule has 2 aromatic heterocycles. The van der Waals surface area contributed by atoms with E-state index in [1.165, 1.54) is 35.8 Å². The van der Waals surface area contributed by atoms with E-state index < -0.39 is 12.5 Å². The summed E-state index contributed by atoms with van der Waals surface area (Å²) in [4.78, 5) is 17.4. The number of halogens is 2. The molecule has 1 amide bonds. The zero-order valence-corrected chi connectivity index (χ0v) is 13.3. The predicted molar refractivity (Wildman–Crippen MR) is 85.6 cm³/mol. The minimum absolute atomic E-state index is 0.0333. The van der Waals surface area contributed by atoms with E-state index in [-0.39, 0.29) is 11.4 Å². The number of thiazole rings is 1. The molecule has 0 spiro atoms. The van der Waals surface area contributed by atoms with Gasteiger partial charge in [0.1, 0.15) is 11.4 Å². The first kappa shape index (κ1) is 16.1. The number of rotatable bonds is 5. The lowest BCUT2D eigenvalue weighted by atomic mass is 10.3. The maximum absolute atomic E-state index is 12.4. The molecular formula is C16H12F2N2O3S. The van der Waals surface area contributed by atoms with Crippen LogP contribution in [0.1, 0.15) is 15.4 Å². The van der Waals surface area contributed by atoms with Gasteiger partial charge in [-0.2, -0.15) is 8.78 Å². The van der Waals surface area contributed by atoms with Crippen LogP contribution in [0.25, 0.3) is 10.8 Å². The molecule has 0 atom stereocenters. The number of hydrogen-bond acceptors (Lipinski definition) is 5. The lowest BCUT2D eigenvalue weighted by Crippen LogP contribution is -2.13. The van der Waals surface area contributed by atoms with Crippen LogP contribution in [-0.4, -0.2) is 17.5 Å². The minimum Gasteiger partial charge on any atom is -0.462 e. The van der Waals surface area contributed by atoms with E-state index in [1.807, 2.05) is 0 Å². The van der Waals surface area contributed by atoms with Gasteiger partial charge in [-0.3, -0.25) is 4.79 Å². The fraction of sp³-hybridized carbons (Fsp3) is 0.125. The van der Waals surface area contributed by atoms with Crippen molar-refractivity contribution in [1.82, 2.24) is 4.98 Å². The highest BCUT2D eigenvalue weighted by Crippen LogP contribution is 2.28. The monoisotopic (exact) mass is 350 g/mol. The third-order valence-electron chi connectivity index (χ3n) is 3.06. The quantitative estimate of drug-likeness (QED) is 0.732. The van der Waals surface area contributed by atoms with E-state index in [2.05, 4.69) is 15.0 Å². The standard InChI is InChI=1S/C16H12F2N2O3S/c1-9-13(20-15(24-9)12-6-3-7-22-12)14(21)19-10-4-2-5-11(8-10)23-16(17)18/h2-8,16H,1H3,(H,19,21). The van der Waals surface area contributed by atoms with E-state index in [4.69, 9.17) is 4.42 Å². The van der Waals surface area contributed by atoms with Crippen LogP contribution >= 0.6 is 11.3 Å². The van der Waals surface area contributed by atoms with E-state index in [0.717, 1.165) is 4.88 Å². The molecule has 0 bridgehead atoms. The van der Waals surface area contributed by atoms with Crippen LogP contribution in [0.15, 0.2) is 47.1 Å². The normalized spacial score (nSPS) is 10.8. The van der Waals surface area contributed by atoms with Crippen LogP contribution < -0.4 is 10.1 Å². The second kappa shape index (κ2) is 6.79. The Bertz CT molecular complexity index is 847. The summed E-state index contributed by atoms with van der Waals surface area (Å²) in [5.74, 6) is 0.110. The van der Waals surface area contributed by atoms with Gasteiger partial charge in [-0.05, 0) is 31.2 Å². The molecule has 5 nitrogen and oxygen atoms in total. The van der Waals surface area contributed by atoms with Gasteiger partial charge in [0.2, 0.25) is 0 Å². The lowest BCUT2D eigenvalue weighted by Gasteiger charge is -2.07. The smallest absolute Gasteiger partial charge is 0.387 e. The second-order valence-electron chi connectivity index (χ2n) is 4.76. The summed E-state index contributed by atoms with van der Waals surface area (Å²) in [7, 11) is 0. The van der Waals surface area contributed by atoms with E-state index in [9.17, 15) is 13.6 Å². The highest BCUT2D eigenvalue weighted by Gasteiger charge is 2.18. The van der Waals surface area contributed by atoms with Crippen molar-refractivity contribution in [2.45, 2.75) is 13.5 Å². The molecule has 0 saturated heterocycles. The number of furan rings is 1. The molecule has 8 heteroatoms. The molecule has 0 saturated carbocycles. The number of anilines is 1. The van der Waals surface area contributed by atoms with Gasteiger partial charge in [0.05, 0.1) is 6.26 Å². The molecule has 124 valence electrons. The molecule has 1 N–H and O–H groups in total. The number of nitrogens with zero attached hydrogens (tertiary/aromatic N) is 1. The average Bonchev–Trinajstić information content (AvgIpc) is 3.16. The van der Waals surface area contributed by atoms with Crippen molar-refractivity contribution in [3.05, 3.63) is 53.2 Å². The maximum atomic E-state index is 12.4. The second-order valence-corrected chi connectivity index (χ2v) is 5.96. The summed E-state index contributed by atoms with van der Waals surface area (Å²) < 4.78 is 34.1. The molecule has 24 heavy (non-hydrogen) atoms. The Balaban J connectivity index is 1.78. The number of nitrogens with one attached hydrogen (secondary N) is 1. The number of alkyl halides is 2. The molecule has 0 aliphatic carbocycles. The number of hydrogen-bond donors (Lipinski definition) is 1. The summed E-state index contributed by atoms with van der Waals surface area (Å²) in [6.45, 7) is -1.15. The van der Waals surface area contributed by atoms with Gasteiger partial charge < -0.3 is 14.5 Å². The number of carbonyl (C=O) groups excluding carboxylic acids is 1. The average molecular weight is 350 g/mol. The zero-order valence-electron chi connectivity index (χ0n) is 12.5. The lowest BCUT2D eigenvalue weighted by molar-refractivity contribution is -0.0497. The van der Waals surface area contributed by atoms with Crippen LogP contribution in [0.3, 0.4) is 0 Å². The first-order valence-corrected chi connectivity index (χ1v) is 7.72. The Morgan fingerprint density at radius 2 is 2.17 bits per heavy atom. The van der Waals surface area contributed by atoms with Crippen LogP contribution in [0.2, 0.25) is 0 Å². The Morgan fingerprint density at radius 3 is 2.88 bits per heavy atom. The maximum Gasteiger partial charge on any atom is 0.387 e. The van der Waals surface area contributed by atoms with Gasteiger partial charge in [0, 0.05) is 16.6 Å². The van der Waals surface area contributed by atoms with Crippen LogP contribution in [0, 0.1) is 6.92 Å². The first-order chi connectivity index (χ1) is 11.5. The van der Waals surface area contributed by atoms with Crippen molar-refractivity contribution in [3.63, 3.8) is 0 Å². The van der Waals surface area contributed by atoms with E-state index >= 15 is 0 Å². The van der Waals surface area contributed by atoms with Crippen molar-refractivity contribution in [1.29, 1.82) is 0 Å². The molecule has 0 aliphatic heterocycles. The van der Waals surface area contributed by atoms with Gasteiger partial charge in [0.25, 0.3) is 5.91 Å². The number of benzene rings is 1. The van der Waals surface area contributed by atoms with Gasteiger partial charge in [-0.15, -0.1) is 11.3 Å². The molecule has 2 heterocycles. The Hall–Kier alpha value is -2.74. The minimum atomic E-state index is -2.92. The van der Waals surface area contributed by atoms with Crippen molar-refractivity contribution < 1.29 is 22.7 Å². The van der Waals surface area contributed by atoms with Crippen LogP contribution in [0.4, 0.5) is 14.5 Å². The molecule has 3 rings (SSSR count). The Morgan fingerprint density at radius 1 is 1.33 bits per heavy atom. The highest BCUT2D eigenvalue weighted by molar-refractivity contribution is 7.15. The third kappa shape index (κ3) is 3.60. The molecule has 1 aromatic carbocycles. The van der Waals surface area contributed by atoms with Crippen molar-refractivity contribution in [2.75, 3.05) is 5.32 Å². The van der Waals surface area contributed by atoms with Gasteiger partial charge in [-0.25, -0.2) is 4.98 Å². The molecular weight excluding hydrogens is 338 g/mol. The molecule has 0 aliphatic rings. The summed E-state index contributed by atoms with van der Waals surface area (Å²) >= 11 is 1.33. The molecule has 0 unspecified atom stereocenters. The van der Waals surface area contributed by atoms with E-state index in [1.54, 1.807) is 25.1 Å². The molecule has 0 radical (unpaired) electrons. The van der Waals surface area contributed by atoms with Crippen LogP contribution in [0.5, 0.6) is 5.75 Å². The number of carbonyl (C=O) groups is 1. The van der Waals surface area contributed by atoms with Crippen molar-refractivity contribution >= 4 is 22.9 Å². The van der Waals surface area contributed by atoms with E-state index in [0.29, 0.717) is 16.5 Å². The summed E-state index contributed by atoms with van der Waals surface area (Å²) in [5, 5.41) is 3.22. The van der Waals surface area contributed by atoms with Crippen LogP contribution in [-0.2, 0) is 0 Å². The topological polar surface area (TPSA) is 64.4 Å². The van der Waals surface area contributed by atoms with Gasteiger partial charge >= 0.3 is 6.61 Å². The number of aryl methyl sites for hydroxylation is 1. The molecule has 3 aromatic rings.